The number of amides is 2. The van der Waals surface area contributed by atoms with Gasteiger partial charge in [-0.3, -0.25) is 14.3 Å². The average molecular weight is 685 g/mol. The maximum atomic E-state index is 12.4. The molecular weight excluding hydrogens is 662 g/mol. The lowest BCUT2D eigenvalue weighted by atomic mass is 10.1. The molecule has 0 spiro atoms. The Morgan fingerprint density at radius 1 is 1.02 bits per heavy atom. The average Bonchev–Trinajstić information content (AvgIpc) is 3.54. The van der Waals surface area contributed by atoms with E-state index in [4.69, 9.17) is 0 Å². The van der Waals surface area contributed by atoms with E-state index in [1.807, 2.05) is 24.3 Å². The van der Waals surface area contributed by atoms with E-state index in [1.54, 1.807) is 10.9 Å². The number of benzene rings is 2. The van der Waals surface area contributed by atoms with E-state index in [2.05, 4.69) is 58.5 Å². The van der Waals surface area contributed by atoms with E-state index < -0.39 is 12.3 Å². The predicted octanol–water partition coefficient (Wildman–Crippen LogP) is 4.77. The molecule has 0 aliphatic carbocycles. The van der Waals surface area contributed by atoms with Crippen LogP contribution in [0.5, 0.6) is 5.75 Å². The van der Waals surface area contributed by atoms with Gasteiger partial charge in [0.25, 0.3) is 5.91 Å². The van der Waals surface area contributed by atoms with E-state index in [1.165, 1.54) is 23.5 Å². The number of carbonyl (C=O) groups is 2. The largest absolute Gasteiger partial charge is 0.573 e. The maximum Gasteiger partial charge on any atom is 0.573 e. The van der Waals surface area contributed by atoms with Crippen molar-refractivity contribution in [3.05, 3.63) is 80.1 Å². The molecule has 2 aromatic carbocycles. The van der Waals surface area contributed by atoms with Crippen molar-refractivity contribution in [1.29, 1.82) is 0 Å². The molecule has 0 unspecified atom stereocenters. The lowest BCUT2D eigenvalue weighted by Crippen LogP contribution is -2.23. The zero-order chi connectivity index (χ0) is 28.5. The number of carbonyl (C=O) groups excluding carboxylic acids is 2. The summed E-state index contributed by atoms with van der Waals surface area (Å²) in [6, 6.07) is 13.1. The SMILES string of the molecule is O=C(Cc1cccc(OC(F)(F)F)c1)Nc1nnc(CCCCn2cc(C(=O)NCc3cccc(I)c3)nn2)s1. The van der Waals surface area contributed by atoms with Crippen molar-refractivity contribution in [3.8, 4) is 5.75 Å². The van der Waals surface area contributed by atoms with Gasteiger partial charge in [0.05, 0.1) is 12.6 Å². The van der Waals surface area contributed by atoms with Crippen molar-refractivity contribution in [2.75, 3.05) is 5.32 Å². The highest BCUT2D eigenvalue weighted by atomic mass is 127. The summed E-state index contributed by atoms with van der Waals surface area (Å²) in [6.45, 7) is 0.966. The van der Waals surface area contributed by atoms with Crippen LogP contribution in [-0.2, 0) is 30.7 Å². The predicted molar refractivity (Wildman–Crippen MR) is 149 cm³/mol. The highest BCUT2D eigenvalue weighted by Crippen LogP contribution is 2.24. The molecule has 0 atom stereocenters. The second kappa shape index (κ2) is 13.6. The van der Waals surface area contributed by atoms with E-state index in [0.717, 1.165) is 39.1 Å². The Morgan fingerprint density at radius 2 is 1.82 bits per heavy atom. The number of alkyl halides is 3. The minimum atomic E-state index is -4.81. The van der Waals surface area contributed by atoms with Crippen LogP contribution >= 0.6 is 33.9 Å². The first-order chi connectivity index (χ1) is 19.1. The van der Waals surface area contributed by atoms with Crippen LogP contribution in [0.4, 0.5) is 18.3 Å². The van der Waals surface area contributed by atoms with Crippen molar-refractivity contribution in [2.45, 2.75) is 45.1 Å². The molecule has 4 rings (SSSR count). The molecule has 210 valence electrons. The minimum absolute atomic E-state index is 0.145. The summed E-state index contributed by atoms with van der Waals surface area (Å²) in [7, 11) is 0. The van der Waals surface area contributed by atoms with Gasteiger partial charge < -0.3 is 15.4 Å². The number of ether oxygens (including phenoxy) is 1. The molecule has 4 aromatic rings. The van der Waals surface area contributed by atoms with Gasteiger partial charge in [0, 0.05) is 23.1 Å². The molecule has 0 saturated heterocycles. The van der Waals surface area contributed by atoms with Gasteiger partial charge in [0.15, 0.2) is 5.69 Å². The van der Waals surface area contributed by atoms with Crippen LogP contribution < -0.4 is 15.4 Å². The Labute approximate surface area is 244 Å². The molecule has 0 aliphatic heterocycles. The summed E-state index contributed by atoms with van der Waals surface area (Å²) in [4.78, 5) is 24.7. The Bertz CT molecular complexity index is 1460. The molecule has 0 fully saturated rings. The van der Waals surface area contributed by atoms with Crippen LogP contribution in [0.3, 0.4) is 0 Å². The minimum Gasteiger partial charge on any atom is -0.406 e. The summed E-state index contributed by atoms with van der Waals surface area (Å²) in [6.07, 6.45) is -1.20. The fraction of sp³-hybridized carbons (Fsp3) is 0.280. The number of nitrogens with zero attached hydrogens (tertiary/aromatic N) is 5. The Morgan fingerprint density at radius 3 is 2.62 bits per heavy atom. The molecule has 2 amide bonds. The zero-order valence-electron chi connectivity index (χ0n) is 20.8. The molecule has 10 nitrogen and oxygen atoms in total. The zero-order valence-corrected chi connectivity index (χ0v) is 23.8. The number of aromatic nitrogens is 5. The van der Waals surface area contributed by atoms with E-state index in [-0.39, 0.29) is 23.8 Å². The molecular formula is C25H23F3IN7O3S. The van der Waals surface area contributed by atoms with Gasteiger partial charge in [-0.1, -0.05) is 40.8 Å². The Hall–Kier alpha value is -3.60. The third kappa shape index (κ3) is 9.55. The van der Waals surface area contributed by atoms with Crippen LogP contribution in [0.2, 0.25) is 0 Å². The van der Waals surface area contributed by atoms with E-state index in [0.29, 0.717) is 30.2 Å². The van der Waals surface area contributed by atoms with E-state index >= 15 is 0 Å². The summed E-state index contributed by atoms with van der Waals surface area (Å²) in [5.41, 5.74) is 1.61. The molecule has 2 aromatic heterocycles. The smallest absolute Gasteiger partial charge is 0.406 e. The highest BCUT2D eigenvalue weighted by molar-refractivity contribution is 14.1. The number of hydrogen-bond acceptors (Lipinski definition) is 8. The first-order valence-corrected chi connectivity index (χ1v) is 13.9. The van der Waals surface area contributed by atoms with Gasteiger partial charge in [-0.05, 0) is 70.8 Å². The van der Waals surface area contributed by atoms with Gasteiger partial charge in [0.2, 0.25) is 11.0 Å². The number of halogens is 4. The van der Waals surface area contributed by atoms with Gasteiger partial charge in [-0.25, -0.2) is 0 Å². The van der Waals surface area contributed by atoms with Crippen LogP contribution in [0.1, 0.15) is 39.5 Å². The number of nitrogens with one attached hydrogen (secondary N) is 2. The lowest BCUT2D eigenvalue weighted by molar-refractivity contribution is -0.274. The molecule has 2 N–H and O–H groups in total. The summed E-state index contributed by atoms with van der Waals surface area (Å²) in [5, 5.41) is 22.5. The first kappa shape index (κ1) is 29.4. The third-order valence-corrected chi connectivity index (χ3v) is 6.92. The Balaban J connectivity index is 1.16. The van der Waals surface area contributed by atoms with Gasteiger partial charge in [-0.15, -0.1) is 28.5 Å². The number of rotatable bonds is 12. The van der Waals surface area contributed by atoms with Crippen molar-refractivity contribution in [3.63, 3.8) is 0 Å². The summed E-state index contributed by atoms with van der Waals surface area (Å²) >= 11 is 3.44. The van der Waals surface area contributed by atoms with Crippen LogP contribution in [-0.4, -0.2) is 43.4 Å². The quantitative estimate of drug-likeness (QED) is 0.163. The molecule has 0 bridgehead atoms. The standard InChI is InChI=1S/C25H23F3IN7O3S/c26-25(27,28)39-19-8-4-5-16(12-19)13-21(37)31-24-34-33-22(40-24)9-1-2-10-36-15-20(32-35-36)23(38)30-14-17-6-3-7-18(29)11-17/h3-8,11-12,15H,1-2,9-10,13-14H2,(H,30,38)(H,31,34,37). The van der Waals surface area contributed by atoms with Crippen molar-refractivity contribution in [1.82, 2.24) is 30.5 Å². The van der Waals surface area contributed by atoms with Crippen molar-refractivity contribution in [2.24, 2.45) is 0 Å². The number of aryl methyl sites for hydroxylation is 2. The number of hydrogen-bond donors (Lipinski definition) is 2. The normalized spacial score (nSPS) is 11.3. The van der Waals surface area contributed by atoms with Crippen LogP contribution in [0.15, 0.2) is 54.7 Å². The molecule has 15 heteroatoms. The number of anilines is 1. The van der Waals surface area contributed by atoms with Crippen LogP contribution in [0.25, 0.3) is 0 Å². The van der Waals surface area contributed by atoms with Crippen molar-refractivity contribution < 1.29 is 27.5 Å². The Kier molecular flexibility index (Phi) is 10.0. The number of unbranched alkanes of at least 4 members (excludes halogenated alkanes) is 1. The lowest BCUT2D eigenvalue weighted by Gasteiger charge is -2.09. The molecule has 2 heterocycles. The molecule has 0 aliphatic rings. The highest BCUT2D eigenvalue weighted by Gasteiger charge is 2.31. The fourth-order valence-corrected chi connectivity index (χ4v) is 4.99. The van der Waals surface area contributed by atoms with E-state index in [9.17, 15) is 22.8 Å². The fourth-order valence-electron chi connectivity index (χ4n) is 3.59. The maximum absolute atomic E-state index is 12.4. The van der Waals surface area contributed by atoms with Gasteiger partial charge in [-0.2, -0.15) is 0 Å². The second-order valence-corrected chi connectivity index (χ2v) is 10.9. The summed E-state index contributed by atoms with van der Waals surface area (Å²) in [5.74, 6) is -1.12. The van der Waals surface area contributed by atoms with Gasteiger partial charge >= 0.3 is 6.36 Å². The summed E-state index contributed by atoms with van der Waals surface area (Å²) < 4.78 is 43.8. The third-order valence-electron chi connectivity index (χ3n) is 5.35. The monoisotopic (exact) mass is 685 g/mol. The van der Waals surface area contributed by atoms with Gasteiger partial charge in [0.1, 0.15) is 10.8 Å². The van der Waals surface area contributed by atoms with Crippen LogP contribution in [0, 0.1) is 3.57 Å². The van der Waals surface area contributed by atoms with Crippen molar-refractivity contribution >= 4 is 50.9 Å². The molecule has 40 heavy (non-hydrogen) atoms. The first-order valence-electron chi connectivity index (χ1n) is 12.0. The molecule has 0 radical (unpaired) electrons. The molecule has 0 saturated carbocycles. The second-order valence-electron chi connectivity index (χ2n) is 8.56. The topological polar surface area (TPSA) is 124 Å².